The van der Waals surface area contributed by atoms with Crippen molar-refractivity contribution in [1.82, 2.24) is 14.5 Å². The Morgan fingerprint density at radius 3 is 2.28 bits per heavy atom. The van der Waals surface area contributed by atoms with Crippen LogP contribution in [0, 0.1) is 0 Å². The number of hydrogen-bond donors (Lipinski definition) is 0. The van der Waals surface area contributed by atoms with Gasteiger partial charge in [-0.1, -0.05) is 69.3 Å². The molecule has 6 rings (SSSR count). The summed E-state index contributed by atoms with van der Waals surface area (Å²) in [6.07, 6.45) is 0. The molecule has 32 heavy (non-hydrogen) atoms. The number of pyridine rings is 1. The Morgan fingerprint density at radius 1 is 0.719 bits per heavy atom. The lowest BCUT2D eigenvalue weighted by atomic mass is 9.92. The van der Waals surface area contributed by atoms with Gasteiger partial charge in [-0.05, 0) is 36.4 Å². The molecule has 0 saturated heterocycles. The first kappa shape index (κ1) is 19.2. The lowest BCUT2D eigenvalue weighted by Gasteiger charge is -2.18. The third kappa shape index (κ3) is 2.94. The van der Waals surface area contributed by atoms with Crippen LogP contribution in [0.1, 0.15) is 26.5 Å². The monoisotopic (exact) mass is 433 g/mol. The van der Waals surface area contributed by atoms with Gasteiger partial charge in [-0.15, -0.1) is 11.3 Å². The summed E-state index contributed by atoms with van der Waals surface area (Å²) in [5.74, 6) is 0.932. The molecule has 3 aromatic carbocycles. The number of hydrogen-bond acceptors (Lipinski definition) is 3. The SMILES string of the molecule is CC(C)(C)c1ccc2nc(-c3cccc4c3sc3ccccc34)n(-c3ccccc3)c2n1. The minimum atomic E-state index is -0.0361. The van der Waals surface area contributed by atoms with E-state index in [0.29, 0.717) is 0 Å². The van der Waals surface area contributed by atoms with Crippen LogP contribution in [-0.4, -0.2) is 14.5 Å². The summed E-state index contributed by atoms with van der Waals surface area (Å²) in [6.45, 7) is 6.59. The van der Waals surface area contributed by atoms with E-state index in [2.05, 4.69) is 104 Å². The van der Waals surface area contributed by atoms with Gasteiger partial charge < -0.3 is 0 Å². The van der Waals surface area contributed by atoms with Crippen LogP contribution in [0.25, 0.3) is 48.4 Å². The first-order valence-electron chi connectivity index (χ1n) is 10.9. The largest absolute Gasteiger partial charge is 0.277 e. The van der Waals surface area contributed by atoms with Crippen molar-refractivity contribution in [3.8, 4) is 17.1 Å². The third-order valence-corrected chi connectivity index (χ3v) is 7.15. The van der Waals surface area contributed by atoms with E-state index in [1.54, 1.807) is 0 Å². The Kier molecular flexibility index (Phi) is 4.21. The van der Waals surface area contributed by atoms with Gasteiger partial charge in [0.1, 0.15) is 11.3 Å². The molecule has 3 aromatic heterocycles. The molecular formula is C28H23N3S. The van der Waals surface area contributed by atoms with Gasteiger partial charge in [-0.2, -0.15) is 0 Å². The fraction of sp³-hybridized carbons (Fsp3) is 0.143. The summed E-state index contributed by atoms with van der Waals surface area (Å²) >= 11 is 1.83. The standard InChI is InChI=1S/C28H23N3S/c1-28(2,3)24-17-16-22-27(30-24)31(18-10-5-4-6-11-18)26(29-22)21-14-9-13-20-19-12-7-8-15-23(19)32-25(20)21/h4-17H,1-3H3. The molecule has 3 heterocycles. The highest BCUT2D eigenvalue weighted by Crippen LogP contribution is 2.41. The van der Waals surface area contributed by atoms with Crippen molar-refractivity contribution in [2.45, 2.75) is 26.2 Å². The molecule has 0 spiro atoms. The number of fused-ring (bicyclic) bond motifs is 4. The fourth-order valence-electron chi connectivity index (χ4n) is 4.30. The topological polar surface area (TPSA) is 30.7 Å². The second kappa shape index (κ2) is 7.01. The van der Waals surface area contributed by atoms with Crippen LogP contribution in [-0.2, 0) is 5.41 Å². The number of thiophene rings is 1. The maximum absolute atomic E-state index is 5.11. The molecule has 3 nitrogen and oxygen atoms in total. The molecular weight excluding hydrogens is 410 g/mol. The average Bonchev–Trinajstić information content (AvgIpc) is 3.37. The number of aromatic nitrogens is 3. The molecule has 0 N–H and O–H groups in total. The van der Waals surface area contributed by atoms with Gasteiger partial charge in [-0.3, -0.25) is 4.57 Å². The van der Waals surface area contributed by atoms with E-state index in [9.17, 15) is 0 Å². The maximum Gasteiger partial charge on any atom is 0.165 e. The zero-order valence-electron chi connectivity index (χ0n) is 18.3. The summed E-state index contributed by atoms with van der Waals surface area (Å²) in [5, 5.41) is 2.57. The van der Waals surface area contributed by atoms with Gasteiger partial charge in [0.2, 0.25) is 0 Å². The first-order chi connectivity index (χ1) is 15.5. The molecule has 0 fully saturated rings. The van der Waals surface area contributed by atoms with Gasteiger partial charge in [0, 0.05) is 42.5 Å². The summed E-state index contributed by atoms with van der Waals surface area (Å²) < 4.78 is 4.77. The smallest absolute Gasteiger partial charge is 0.165 e. The van der Waals surface area contributed by atoms with Crippen molar-refractivity contribution in [2.24, 2.45) is 0 Å². The van der Waals surface area contributed by atoms with E-state index in [-0.39, 0.29) is 5.41 Å². The molecule has 0 saturated carbocycles. The van der Waals surface area contributed by atoms with E-state index in [4.69, 9.17) is 9.97 Å². The molecule has 156 valence electrons. The van der Waals surface area contributed by atoms with Gasteiger partial charge in [-0.25, -0.2) is 9.97 Å². The Labute approximate surface area is 191 Å². The molecule has 0 atom stereocenters. The highest BCUT2D eigenvalue weighted by atomic mass is 32.1. The van der Waals surface area contributed by atoms with Crippen molar-refractivity contribution in [3.63, 3.8) is 0 Å². The quantitative estimate of drug-likeness (QED) is 0.279. The molecule has 0 aliphatic heterocycles. The van der Waals surface area contributed by atoms with Crippen LogP contribution in [0.4, 0.5) is 0 Å². The highest BCUT2D eigenvalue weighted by molar-refractivity contribution is 7.26. The third-order valence-electron chi connectivity index (χ3n) is 5.93. The average molecular weight is 434 g/mol. The van der Waals surface area contributed by atoms with Crippen molar-refractivity contribution < 1.29 is 0 Å². The van der Waals surface area contributed by atoms with E-state index in [1.165, 1.54) is 20.2 Å². The summed E-state index contributed by atoms with van der Waals surface area (Å²) in [7, 11) is 0. The van der Waals surface area contributed by atoms with E-state index in [1.807, 2.05) is 17.4 Å². The lowest BCUT2D eigenvalue weighted by molar-refractivity contribution is 0.571. The fourth-order valence-corrected chi connectivity index (χ4v) is 5.51. The van der Waals surface area contributed by atoms with Crippen LogP contribution in [0.2, 0.25) is 0 Å². The van der Waals surface area contributed by atoms with Crippen LogP contribution in [0.15, 0.2) is 84.9 Å². The molecule has 0 amide bonds. The second-order valence-corrected chi connectivity index (χ2v) is 10.2. The number of para-hydroxylation sites is 1. The zero-order valence-corrected chi connectivity index (χ0v) is 19.1. The summed E-state index contributed by atoms with van der Waals surface area (Å²) in [5.41, 5.74) is 5.05. The zero-order chi connectivity index (χ0) is 21.9. The minimum Gasteiger partial charge on any atom is -0.277 e. The van der Waals surface area contributed by atoms with E-state index < -0.39 is 0 Å². The molecule has 0 aliphatic carbocycles. The Bertz CT molecular complexity index is 1600. The van der Waals surface area contributed by atoms with E-state index >= 15 is 0 Å². The van der Waals surface area contributed by atoms with Crippen LogP contribution < -0.4 is 0 Å². The normalized spacial score (nSPS) is 12.2. The van der Waals surface area contributed by atoms with Gasteiger partial charge >= 0.3 is 0 Å². The minimum absolute atomic E-state index is 0.0361. The Balaban J connectivity index is 1.72. The van der Waals surface area contributed by atoms with Crippen LogP contribution >= 0.6 is 11.3 Å². The Hall–Kier alpha value is -3.50. The Morgan fingerprint density at radius 2 is 1.47 bits per heavy atom. The summed E-state index contributed by atoms with van der Waals surface area (Å²) in [6, 6.07) is 29.8. The number of benzene rings is 3. The predicted molar refractivity (Wildman–Crippen MR) is 136 cm³/mol. The van der Waals surface area contributed by atoms with Crippen molar-refractivity contribution in [3.05, 3.63) is 90.6 Å². The van der Waals surface area contributed by atoms with Crippen molar-refractivity contribution in [2.75, 3.05) is 0 Å². The molecule has 0 bridgehead atoms. The van der Waals surface area contributed by atoms with E-state index in [0.717, 1.165) is 33.9 Å². The number of imidazole rings is 1. The number of rotatable bonds is 2. The number of nitrogens with zero attached hydrogens (tertiary/aromatic N) is 3. The molecule has 6 aromatic rings. The lowest BCUT2D eigenvalue weighted by Crippen LogP contribution is -2.13. The van der Waals surface area contributed by atoms with Crippen LogP contribution in [0.5, 0.6) is 0 Å². The maximum atomic E-state index is 5.11. The van der Waals surface area contributed by atoms with Gasteiger partial charge in [0.15, 0.2) is 5.65 Å². The molecule has 0 unspecified atom stereocenters. The predicted octanol–water partition coefficient (Wildman–Crippen LogP) is 7.75. The van der Waals surface area contributed by atoms with Crippen molar-refractivity contribution >= 4 is 42.7 Å². The summed E-state index contributed by atoms with van der Waals surface area (Å²) in [4.78, 5) is 10.2. The molecule has 0 radical (unpaired) electrons. The second-order valence-electron chi connectivity index (χ2n) is 9.18. The highest BCUT2D eigenvalue weighted by Gasteiger charge is 2.22. The first-order valence-corrected chi connectivity index (χ1v) is 11.7. The van der Waals surface area contributed by atoms with Crippen LogP contribution in [0.3, 0.4) is 0 Å². The van der Waals surface area contributed by atoms with Gasteiger partial charge in [0.25, 0.3) is 0 Å². The van der Waals surface area contributed by atoms with Gasteiger partial charge in [0.05, 0.1) is 0 Å². The molecule has 4 heteroatoms. The van der Waals surface area contributed by atoms with Crippen molar-refractivity contribution in [1.29, 1.82) is 0 Å². The molecule has 0 aliphatic rings.